The van der Waals surface area contributed by atoms with Gasteiger partial charge in [-0.1, -0.05) is 31.5 Å². The molecule has 1 spiro atoms. The molecule has 1 heterocycles. The van der Waals surface area contributed by atoms with Crippen LogP contribution in [0.4, 0.5) is 0 Å². The van der Waals surface area contributed by atoms with Gasteiger partial charge in [-0.3, -0.25) is 4.79 Å². The van der Waals surface area contributed by atoms with Crippen LogP contribution in [0.1, 0.15) is 31.7 Å². The van der Waals surface area contributed by atoms with E-state index in [1.165, 1.54) is 24.8 Å². The first-order chi connectivity index (χ1) is 8.25. The van der Waals surface area contributed by atoms with Crippen molar-refractivity contribution in [2.75, 3.05) is 0 Å². The number of para-hydroxylation sites is 1. The molecule has 2 nitrogen and oxygen atoms in total. The molecule has 0 bridgehead atoms. The summed E-state index contributed by atoms with van der Waals surface area (Å²) in [6.45, 7) is 2.22. The Bertz CT molecular complexity index is 507. The average Bonchev–Trinajstić information content (AvgIpc) is 2.68. The summed E-state index contributed by atoms with van der Waals surface area (Å²) in [4.78, 5) is 12.1. The van der Waals surface area contributed by atoms with Gasteiger partial charge in [0.2, 0.25) is 0 Å². The summed E-state index contributed by atoms with van der Waals surface area (Å²) >= 11 is 0. The van der Waals surface area contributed by atoms with Gasteiger partial charge in [0.1, 0.15) is 5.75 Å². The Morgan fingerprint density at radius 2 is 2.18 bits per heavy atom. The molecule has 17 heavy (non-hydrogen) atoms. The van der Waals surface area contributed by atoms with Gasteiger partial charge in [-0.25, -0.2) is 0 Å². The fourth-order valence-corrected chi connectivity index (χ4v) is 4.80. The highest BCUT2D eigenvalue weighted by atomic mass is 16.5. The van der Waals surface area contributed by atoms with E-state index in [1.807, 2.05) is 12.1 Å². The number of fused-ring (bicyclic) bond motifs is 1. The first-order valence-corrected chi connectivity index (χ1v) is 6.56. The molecule has 2 fully saturated rings. The van der Waals surface area contributed by atoms with Gasteiger partial charge in [-0.15, -0.1) is 0 Å². The van der Waals surface area contributed by atoms with Crippen molar-refractivity contribution in [3.63, 3.8) is 0 Å². The summed E-state index contributed by atoms with van der Waals surface area (Å²) in [5, 5.41) is 0. The first-order valence-electron chi connectivity index (χ1n) is 6.56. The lowest BCUT2D eigenvalue weighted by molar-refractivity contribution is -0.161. The molecule has 88 valence electrons. The number of ether oxygens (including phenoxy) is 1. The number of esters is 1. The minimum absolute atomic E-state index is 0.00866. The lowest BCUT2D eigenvalue weighted by atomic mass is 9.45. The summed E-state index contributed by atoms with van der Waals surface area (Å²) in [7, 11) is 0. The maximum absolute atomic E-state index is 12.1. The molecule has 2 saturated carbocycles. The van der Waals surface area contributed by atoms with Gasteiger partial charge in [0.05, 0.1) is 5.92 Å². The molecule has 0 aromatic heterocycles. The van der Waals surface area contributed by atoms with E-state index in [4.69, 9.17) is 4.74 Å². The minimum atomic E-state index is 0.00866. The summed E-state index contributed by atoms with van der Waals surface area (Å²) in [5.74, 6) is 2.13. The number of hydrogen-bond acceptors (Lipinski definition) is 2. The molecule has 2 heteroatoms. The Labute approximate surface area is 101 Å². The Kier molecular flexibility index (Phi) is 1.67. The fourth-order valence-electron chi connectivity index (χ4n) is 4.80. The second-order valence-corrected chi connectivity index (χ2v) is 5.79. The molecule has 0 N–H and O–H groups in total. The van der Waals surface area contributed by atoms with Crippen molar-refractivity contribution in [2.24, 2.45) is 17.8 Å². The van der Waals surface area contributed by atoms with Gasteiger partial charge in [0.15, 0.2) is 0 Å². The van der Waals surface area contributed by atoms with Crippen molar-refractivity contribution in [2.45, 2.75) is 31.6 Å². The van der Waals surface area contributed by atoms with Crippen LogP contribution in [-0.4, -0.2) is 5.97 Å². The molecule has 2 aliphatic carbocycles. The van der Waals surface area contributed by atoms with Gasteiger partial charge in [0, 0.05) is 11.0 Å². The number of rotatable bonds is 0. The van der Waals surface area contributed by atoms with Crippen LogP contribution in [0.15, 0.2) is 24.3 Å². The van der Waals surface area contributed by atoms with Gasteiger partial charge in [0.25, 0.3) is 0 Å². The van der Waals surface area contributed by atoms with Gasteiger partial charge >= 0.3 is 5.97 Å². The van der Waals surface area contributed by atoms with Crippen LogP contribution in [0.2, 0.25) is 0 Å². The van der Waals surface area contributed by atoms with Crippen molar-refractivity contribution in [3.8, 4) is 5.75 Å². The normalized spacial score (nSPS) is 41.9. The first kappa shape index (κ1) is 9.69. The molecule has 4 rings (SSSR count). The molecule has 1 aliphatic heterocycles. The summed E-state index contributed by atoms with van der Waals surface area (Å²) in [6, 6.07) is 8.13. The van der Waals surface area contributed by atoms with Crippen LogP contribution in [0, 0.1) is 17.8 Å². The smallest absolute Gasteiger partial charge is 0.315 e. The fraction of sp³-hybridized carbons (Fsp3) is 0.533. The zero-order chi connectivity index (χ0) is 11.6. The van der Waals surface area contributed by atoms with Crippen molar-refractivity contribution < 1.29 is 9.53 Å². The van der Waals surface area contributed by atoms with Crippen molar-refractivity contribution in [1.82, 2.24) is 0 Å². The van der Waals surface area contributed by atoms with Gasteiger partial charge < -0.3 is 4.74 Å². The number of hydrogen-bond donors (Lipinski definition) is 0. The molecule has 4 atom stereocenters. The monoisotopic (exact) mass is 228 g/mol. The molecular formula is C15H16O2. The van der Waals surface area contributed by atoms with E-state index in [0.717, 1.165) is 5.75 Å². The highest BCUT2D eigenvalue weighted by molar-refractivity contribution is 5.83. The maximum Gasteiger partial charge on any atom is 0.315 e. The van der Waals surface area contributed by atoms with Crippen LogP contribution < -0.4 is 4.74 Å². The zero-order valence-corrected chi connectivity index (χ0v) is 9.98. The highest BCUT2D eigenvalue weighted by Crippen LogP contribution is 2.68. The third-order valence-electron chi connectivity index (χ3n) is 5.34. The Morgan fingerprint density at radius 1 is 1.35 bits per heavy atom. The summed E-state index contributed by atoms with van der Waals surface area (Å²) in [6.07, 6.45) is 3.70. The van der Waals surface area contributed by atoms with Crippen molar-refractivity contribution in [1.29, 1.82) is 0 Å². The molecule has 3 aliphatic rings. The van der Waals surface area contributed by atoms with Crippen LogP contribution >= 0.6 is 0 Å². The Hall–Kier alpha value is -1.31. The van der Waals surface area contributed by atoms with Crippen LogP contribution in [0.3, 0.4) is 0 Å². The Balaban J connectivity index is 1.95. The number of carbonyl (C=O) groups is 1. The minimum Gasteiger partial charge on any atom is -0.426 e. The zero-order valence-electron chi connectivity index (χ0n) is 9.98. The van der Waals surface area contributed by atoms with Crippen LogP contribution in [0.25, 0.3) is 0 Å². The molecule has 0 unspecified atom stereocenters. The average molecular weight is 228 g/mol. The van der Waals surface area contributed by atoms with Crippen molar-refractivity contribution in [3.05, 3.63) is 29.8 Å². The molecule has 0 amide bonds. The van der Waals surface area contributed by atoms with Gasteiger partial charge in [-0.05, 0) is 30.7 Å². The maximum atomic E-state index is 12.1. The lowest BCUT2D eigenvalue weighted by Gasteiger charge is -2.58. The molecule has 1 aromatic carbocycles. The molecule has 0 saturated heterocycles. The topological polar surface area (TPSA) is 26.3 Å². The summed E-state index contributed by atoms with van der Waals surface area (Å²) < 4.78 is 5.50. The van der Waals surface area contributed by atoms with Crippen LogP contribution in [-0.2, 0) is 10.2 Å². The quantitative estimate of drug-likeness (QED) is 0.504. The number of carbonyl (C=O) groups excluding carboxylic acids is 1. The van der Waals surface area contributed by atoms with E-state index in [-0.39, 0.29) is 17.3 Å². The van der Waals surface area contributed by atoms with Gasteiger partial charge in [-0.2, -0.15) is 0 Å². The molecule has 0 radical (unpaired) electrons. The van der Waals surface area contributed by atoms with E-state index >= 15 is 0 Å². The third kappa shape index (κ3) is 0.921. The van der Waals surface area contributed by atoms with Crippen LogP contribution in [0.5, 0.6) is 5.75 Å². The second-order valence-electron chi connectivity index (χ2n) is 5.79. The Morgan fingerprint density at radius 3 is 3.06 bits per heavy atom. The highest BCUT2D eigenvalue weighted by Gasteiger charge is 2.68. The molecule has 1 aromatic rings. The van der Waals surface area contributed by atoms with E-state index in [9.17, 15) is 4.79 Å². The summed E-state index contributed by atoms with van der Waals surface area (Å²) in [5.41, 5.74) is 1.43. The van der Waals surface area contributed by atoms with E-state index < -0.39 is 0 Å². The lowest BCUT2D eigenvalue weighted by Crippen LogP contribution is -2.62. The number of benzene rings is 1. The van der Waals surface area contributed by atoms with E-state index in [1.54, 1.807) is 0 Å². The SMILES string of the molecule is C[C@@H]1[C@@H]2CCC[C@@]23c2ccccc2OC(=O)[C@@H]13. The van der Waals surface area contributed by atoms with E-state index in [2.05, 4.69) is 19.1 Å². The largest absolute Gasteiger partial charge is 0.426 e. The molecular weight excluding hydrogens is 212 g/mol. The predicted molar refractivity (Wildman–Crippen MR) is 63.8 cm³/mol. The third-order valence-corrected chi connectivity index (χ3v) is 5.34. The predicted octanol–water partition coefficient (Wildman–Crippen LogP) is 2.91. The van der Waals surface area contributed by atoms with E-state index in [0.29, 0.717) is 11.8 Å². The van der Waals surface area contributed by atoms with Crippen molar-refractivity contribution >= 4 is 5.97 Å². The second kappa shape index (κ2) is 2.92. The standard InChI is InChI=1S/C15H16O2/c1-9-10-6-4-8-15(10)11-5-2-3-7-12(11)17-14(16)13(9)15/h2-3,5,7,9-10,13H,4,6,8H2,1H3/t9-,10+,13-,15+/m1/s1.